The van der Waals surface area contributed by atoms with Crippen molar-refractivity contribution in [3.63, 3.8) is 0 Å². The molecule has 23 heavy (non-hydrogen) atoms. The van der Waals surface area contributed by atoms with E-state index >= 15 is 0 Å². The van der Waals surface area contributed by atoms with Crippen molar-refractivity contribution in [3.8, 4) is 0 Å². The van der Waals surface area contributed by atoms with Crippen LogP contribution in [0.25, 0.3) is 6.08 Å². The number of benzene rings is 2. The van der Waals surface area contributed by atoms with Gasteiger partial charge in [0.15, 0.2) is 0 Å². The molecule has 0 radical (unpaired) electrons. The average Bonchev–Trinajstić information content (AvgIpc) is 2.53. The molecule has 0 aliphatic heterocycles. The molecule has 0 aliphatic carbocycles. The average molecular weight is 330 g/mol. The number of nitrogens with zero attached hydrogens (tertiary/aromatic N) is 1. The normalized spacial score (nSPS) is 12.1. The fourth-order valence-corrected chi connectivity index (χ4v) is 2.89. The summed E-state index contributed by atoms with van der Waals surface area (Å²) in [5.74, 6) is 0. The highest BCUT2D eigenvalue weighted by Gasteiger charge is 2.05. The van der Waals surface area contributed by atoms with E-state index in [-0.39, 0.29) is 6.54 Å². The Hall–Kier alpha value is -1.95. The Morgan fingerprint density at radius 3 is 2.17 bits per heavy atom. The molecule has 0 saturated heterocycles. The predicted molar refractivity (Wildman–Crippen MR) is 95.1 cm³/mol. The summed E-state index contributed by atoms with van der Waals surface area (Å²) in [7, 11) is 0.584. The lowest BCUT2D eigenvalue weighted by Gasteiger charge is -2.10. The van der Waals surface area contributed by atoms with Crippen LogP contribution in [0.1, 0.15) is 16.7 Å². The van der Waals surface area contributed by atoms with Gasteiger partial charge in [-0.25, -0.2) is 13.1 Å². The Labute approximate surface area is 138 Å². The molecule has 0 fully saturated rings. The summed E-state index contributed by atoms with van der Waals surface area (Å²) >= 11 is 0. The first-order valence-corrected chi connectivity index (χ1v) is 8.94. The Morgan fingerprint density at radius 2 is 1.57 bits per heavy atom. The van der Waals surface area contributed by atoms with Gasteiger partial charge in [-0.1, -0.05) is 54.6 Å². The second-order valence-electron chi connectivity index (χ2n) is 5.63. The van der Waals surface area contributed by atoms with Gasteiger partial charge in [0.2, 0.25) is 10.0 Å². The van der Waals surface area contributed by atoms with Crippen LogP contribution in [-0.2, 0) is 23.1 Å². The lowest BCUT2D eigenvalue weighted by atomic mass is 10.1. The standard InChI is InChI=1S/C18H22N2O2S/c1-20(2)15-18-10-8-17(9-11-18)14-19-23(21,22)13-12-16-6-4-3-5-7-16/h3-13,19H,14-15H2,1-2H3/b13-12+. The fraction of sp³-hybridized carbons (Fsp3) is 0.222. The number of nitrogens with one attached hydrogen (secondary N) is 1. The summed E-state index contributed by atoms with van der Waals surface area (Å²) in [6.45, 7) is 1.15. The lowest BCUT2D eigenvalue weighted by Crippen LogP contribution is -2.20. The Kier molecular flexibility index (Phi) is 6.10. The van der Waals surface area contributed by atoms with Crippen molar-refractivity contribution in [2.75, 3.05) is 14.1 Å². The molecule has 5 heteroatoms. The molecular formula is C18H22N2O2S. The molecule has 2 aromatic carbocycles. The van der Waals surface area contributed by atoms with Crippen molar-refractivity contribution in [2.45, 2.75) is 13.1 Å². The highest BCUT2D eigenvalue weighted by molar-refractivity contribution is 7.92. The van der Waals surface area contributed by atoms with Gasteiger partial charge in [-0.3, -0.25) is 0 Å². The third-order valence-corrected chi connectivity index (χ3v) is 4.28. The molecule has 2 rings (SSSR count). The zero-order chi connectivity index (χ0) is 16.7. The largest absolute Gasteiger partial charge is 0.305 e. The van der Waals surface area contributed by atoms with E-state index in [1.54, 1.807) is 6.08 Å². The molecule has 4 nitrogen and oxygen atoms in total. The predicted octanol–water partition coefficient (Wildman–Crippen LogP) is 2.84. The van der Waals surface area contributed by atoms with Crippen LogP contribution in [0.4, 0.5) is 0 Å². The minimum atomic E-state index is -3.45. The molecule has 0 spiro atoms. The summed E-state index contributed by atoms with van der Waals surface area (Å²) in [5.41, 5.74) is 2.99. The molecule has 1 N–H and O–H groups in total. The number of hydrogen-bond donors (Lipinski definition) is 1. The second-order valence-corrected chi connectivity index (χ2v) is 7.28. The number of rotatable bonds is 7. The maximum absolute atomic E-state index is 12.0. The Balaban J connectivity index is 1.92. The van der Waals surface area contributed by atoms with Gasteiger partial charge in [-0.05, 0) is 36.9 Å². The summed E-state index contributed by atoms with van der Waals surface area (Å²) in [6.07, 6.45) is 1.59. The second kappa shape index (κ2) is 8.06. The fourth-order valence-electron chi connectivity index (χ4n) is 2.09. The van der Waals surface area contributed by atoms with Crippen LogP contribution >= 0.6 is 0 Å². The Morgan fingerprint density at radius 1 is 0.957 bits per heavy atom. The summed E-state index contributed by atoms with van der Waals surface area (Å²) in [6, 6.07) is 17.3. The lowest BCUT2D eigenvalue weighted by molar-refractivity contribution is 0.402. The van der Waals surface area contributed by atoms with Gasteiger partial charge in [0.05, 0.1) is 0 Å². The molecule has 0 unspecified atom stereocenters. The monoisotopic (exact) mass is 330 g/mol. The topological polar surface area (TPSA) is 49.4 Å². The highest BCUT2D eigenvalue weighted by Crippen LogP contribution is 2.07. The van der Waals surface area contributed by atoms with Gasteiger partial charge >= 0.3 is 0 Å². The molecule has 122 valence electrons. The summed E-state index contributed by atoms with van der Waals surface area (Å²) < 4.78 is 26.6. The van der Waals surface area contributed by atoms with E-state index in [2.05, 4.69) is 9.62 Å². The summed E-state index contributed by atoms with van der Waals surface area (Å²) in [4.78, 5) is 2.09. The van der Waals surface area contributed by atoms with Gasteiger partial charge in [0.1, 0.15) is 0 Å². The van der Waals surface area contributed by atoms with Crippen LogP contribution in [0, 0.1) is 0 Å². The molecule has 0 bridgehead atoms. The van der Waals surface area contributed by atoms with E-state index < -0.39 is 10.0 Å². The van der Waals surface area contributed by atoms with Gasteiger partial charge in [0, 0.05) is 18.5 Å². The minimum absolute atomic E-state index is 0.281. The molecule has 0 heterocycles. The van der Waals surface area contributed by atoms with E-state index in [4.69, 9.17) is 0 Å². The van der Waals surface area contributed by atoms with Gasteiger partial charge in [-0.15, -0.1) is 0 Å². The molecular weight excluding hydrogens is 308 g/mol. The van der Waals surface area contributed by atoms with E-state index in [0.717, 1.165) is 17.7 Å². The SMILES string of the molecule is CN(C)Cc1ccc(CNS(=O)(=O)/C=C/c2ccccc2)cc1. The van der Waals surface area contributed by atoms with Gasteiger partial charge in [0.25, 0.3) is 0 Å². The number of sulfonamides is 1. The maximum Gasteiger partial charge on any atom is 0.234 e. The van der Waals surface area contributed by atoms with Crippen LogP contribution in [0.3, 0.4) is 0 Å². The zero-order valence-electron chi connectivity index (χ0n) is 13.4. The molecule has 0 saturated carbocycles. The third-order valence-electron chi connectivity index (χ3n) is 3.24. The van der Waals surface area contributed by atoms with Crippen molar-refractivity contribution in [3.05, 3.63) is 76.7 Å². The Bertz CT molecular complexity index is 736. The van der Waals surface area contributed by atoms with E-state index in [9.17, 15) is 8.42 Å². The molecule has 2 aromatic rings. The first kappa shape index (κ1) is 17.4. The maximum atomic E-state index is 12.0. The van der Waals surface area contributed by atoms with Crippen LogP contribution in [0.5, 0.6) is 0 Å². The van der Waals surface area contributed by atoms with Crippen molar-refractivity contribution < 1.29 is 8.42 Å². The molecule has 0 atom stereocenters. The smallest absolute Gasteiger partial charge is 0.234 e. The van der Waals surface area contributed by atoms with Crippen molar-refractivity contribution in [1.29, 1.82) is 0 Å². The first-order valence-electron chi connectivity index (χ1n) is 7.40. The minimum Gasteiger partial charge on any atom is -0.305 e. The van der Waals surface area contributed by atoms with Crippen LogP contribution < -0.4 is 4.72 Å². The quantitative estimate of drug-likeness (QED) is 0.849. The van der Waals surface area contributed by atoms with E-state index in [1.165, 1.54) is 11.0 Å². The van der Waals surface area contributed by atoms with Crippen LogP contribution in [0.15, 0.2) is 60.0 Å². The van der Waals surface area contributed by atoms with Gasteiger partial charge < -0.3 is 4.90 Å². The molecule has 0 aliphatic rings. The van der Waals surface area contributed by atoms with Gasteiger partial charge in [-0.2, -0.15) is 0 Å². The third kappa shape index (κ3) is 6.36. The highest BCUT2D eigenvalue weighted by atomic mass is 32.2. The van der Waals surface area contributed by atoms with Crippen LogP contribution in [-0.4, -0.2) is 27.4 Å². The number of hydrogen-bond acceptors (Lipinski definition) is 3. The zero-order valence-corrected chi connectivity index (χ0v) is 14.3. The van der Waals surface area contributed by atoms with E-state index in [0.29, 0.717) is 0 Å². The summed E-state index contributed by atoms with van der Waals surface area (Å²) in [5, 5.41) is 1.20. The first-order chi connectivity index (χ1) is 10.9. The van der Waals surface area contributed by atoms with Crippen molar-refractivity contribution in [1.82, 2.24) is 9.62 Å². The van der Waals surface area contributed by atoms with Crippen molar-refractivity contribution in [2.24, 2.45) is 0 Å². The molecule has 0 amide bonds. The van der Waals surface area contributed by atoms with E-state index in [1.807, 2.05) is 68.7 Å². The molecule has 0 aromatic heterocycles. The van der Waals surface area contributed by atoms with Crippen LogP contribution in [0.2, 0.25) is 0 Å². The van der Waals surface area contributed by atoms with Crippen molar-refractivity contribution >= 4 is 16.1 Å².